The molecular weight excluding hydrogens is 608 g/mol. The first-order chi connectivity index (χ1) is 23.3. The van der Waals surface area contributed by atoms with Crippen LogP contribution in [0.5, 0.6) is 0 Å². The minimum Gasteiger partial charge on any atom is -0.462 e. The SMILES string of the molecule is CCCCC(CC)COC(=O)c1cc(C(=O)OCC(CC)CCCC)c(C(=O)OCc2ccccc2)cc1C(=O)OCc1ccccc1. The number of ether oxygens (including phenoxy) is 4. The molecule has 0 saturated heterocycles. The maximum absolute atomic E-state index is 13.6. The third-order valence-electron chi connectivity index (χ3n) is 8.45. The third kappa shape index (κ3) is 12.0. The fourth-order valence-electron chi connectivity index (χ4n) is 5.22. The fourth-order valence-corrected chi connectivity index (χ4v) is 5.22. The highest BCUT2D eigenvalue weighted by Gasteiger charge is 2.29. The highest BCUT2D eigenvalue weighted by Crippen LogP contribution is 2.25. The summed E-state index contributed by atoms with van der Waals surface area (Å²) < 4.78 is 22.6. The number of benzene rings is 3. The molecule has 0 saturated carbocycles. The molecule has 2 atom stereocenters. The highest BCUT2D eigenvalue weighted by molar-refractivity contribution is 6.10. The summed E-state index contributed by atoms with van der Waals surface area (Å²) in [5.74, 6) is -2.97. The zero-order valence-corrected chi connectivity index (χ0v) is 28.8. The number of rotatable bonds is 20. The maximum atomic E-state index is 13.6. The Balaban J connectivity index is 2.01. The van der Waals surface area contributed by atoms with Gasteiger partial charge in [0.1, 0.15) is 13.2 Å². The first-order valence-electron chi connectivity index (χ1n) is 17.2. The molecule has 3 rings (SSSR count). The molecule has 0 bridgehead atoms. The Morgan fingerprint density at radius 3 is 1.15 bits per heavy atom. The fraction of sp³-hybridized carbons (Fsp3) is 0.450. The molecule has 0 aliphatic carbocycles. The van der Waals surface area contributed by atoms with Crippen LogP contribution in [0.15, 0.2) is 72.8 Å². The van der Waals surface area contributed by atoms with Gasteiger partial charge < -0.3 is 18.9 Å². The predicted octanol–water partition coefficient (Wildman–Crippen LogP) is 9.15. The molecule has 8 nitrogen and oxygen atoms in total. The summed E-state index contributed by atoms with van der Waals surface area (Å²) in [4.78, 5) is 54.4. The average Bonchev–Trinajstić information content (AvgIpc) is 3.13. The van der Waals surface area contributed by atoms with Crippen molar-refractivity contribution in [2.75, 3.05) is 13.2 Å². The molecular formula is C40H50O8. The van der Waals surface area contributed by atoms with E-state index >= 15 is 0 Å². The van der Waals surface area contributed by atoms with Crippen molar-refractivity contribution in [3.05, 3.63) is 106 Å². The summed E-state index contributed by atoms with van der Waals surface area (Å²) in [5, 5.41) is 0. The van der Waals surface area contributed by atoms with Crippen molar-refractivity contribution in [1.29, 1.82) is 0 Å². The van der Waals surface area contributed by atoms with E-state index in [9.17, 15) is 19.2 Å². The van der Waals surface area contributed by atoms with Crippen molar-refractivity contribution < 1.29 is 38.1 Å². The van der Waals surface area contributed by atoms with Crippen LogP contribution in [-0.2, 0) is 32.2 Å². The van der Waals surface area contributed by atoms with Crippen molar-refractivity contribution in [3.63, 3.8) is 0 Å². The number of hydrogen-bond acceptors (Lipinski definition) is 8. The molecule has 8 heteroatoms. The summed E-state index contributed by atoms with van der Waals surface area (Å²) >= 11 is 0. The molecule has 0 N–H and O–H groups in total. The van der Waals surface area contributed by atoms with E-state index in [1.54, 1.807) is 24.3 Å². The van der Waals surface area contributed by atoms with Gasteiger partial charge in [-0.3, -0.25) is 0 Å². The standard InChI is InChI=1S/C40H50O8/c1-5-9-17-29(7-3)25-45-37(41)33-23-34(38(42)46-26-30(8-4)18-10-6-2)36(40(44)48-28-32-21-15-12-16-22-32)24-35(33)39(43)47-27-31-19-13-11-14-20-31/h11-16,19-24,29-30H,5-10,17-18,25-28H2,1-4H3. The average molecular weight is 659 g/mol. The quantitative estimate of drug-likeness (QED) is 0.0874. The lowest BCUT2D eigenvalue weighted by atomic mass is 9.97. The van der Waals surface area contributed by atoms with E-state index in [0.29, 0.717) is 0 Å². The highest BCUT2D eigenvalue weighted by atomic mass is 16.5. The van der Waals surface area contributed by atoms with Gasteiger partial charge >= 0.3 is 23.9 Å². The Morgan fingerprint density at radius 1 is 0.500 bits per heavy atom. The Kier molecular flexibility index (Phi) is 16.4. The van der Waals surface area contributed by atoms with Gasteiger partial charge in [-0.25, -0.2) is 19.2 Å². The van der Waals surface area contributed by atoms with Crippen molar-refractivity contribution >= 4 is 23.9 Å². The number of hydrogen-bond donors (Lipinski definition) is 0. The second kappa shape index (κ2) is 20.7. The van der Waals surface area contributed by atoms with Crippen LogP contribution in [0, 0.1) is 11.8 Å². The van der Waals surface area contributed by atoms with Gasteiger partial charge in [-0.2, -0.15) is 0 Å². The maximum Gasteiger partial charge on any atom is 0.339 e. The number of carbonyl (C=O) groups excluding carboxylic acids is 4. The van der Waals surface area contributed by atoms with E-state index < -0.39 is 23.9 Å². The summed E-state index contributed by atoms with van der Waals surface area (Å²) in [7, 11) is 0. The Labute approximate surface area is 285 Å². The van der Waals surface area contributed by atoms with Gasteiger partial charge in [0.25, 0.3) is 0 Å². The van der Waals surface area contributed by atoms with E-state index in [0.717, 1.165) is 62.5 Å². The van der Waals surface area contributed by atoms with Crippen LogP contribution in [-0.4, -0.2) is 37.1 Å². The smallest absolute Gasteiger partial charge is 0.339 e. The van der Waals surface area contributed by atoms with Crippen molar-refractivity contribution in [2.24, 2.45) is 11.8 Å². The van der Waals surface area contributed by atoms with E-state index in [1.807, 2.05) is 50.2 Å². The lowest BCUT2D eigenvalue weighted by molar-refractivity contribution is 0.0383. The van der Waals surface area contributed by atoms with E-state index in [-0.39, 0.29) is 60.5 Å². The van der Waals surface area contributed by atoms with Crippen molar-refractivity contribution in [3.8, 4) is 0 Å². The number of esters is 4. The molecule has 0 amide bonds. The lowest BCUT2D eigenvalue weighted by Crippen LogP contribution is -2.22. The van der Waals surface area contributed by atoms with Crippen molar-refractivity contribution in [2.45, 2.75) is 92.3 Å². The largest absolute Gasteiger partial charge is 0.462 e. The first-order valence-corrected chi connectivity index (χ1v) is 17.2. The molecule has 0 aliphatic heterocycles. The zero-order chi connectivity index (χ0) is 34.7. The van der Waals surface area contributed by atoms with Gasteiger partial charge in [-0.15, -0.1) is 0 Å². The van der Waals surface area contributed by atoms with Crippen molar-refractivity contribution in [1.82, 2.24) is 0 Å². The molecule has 0 radical (unpaired) electrons. The summed E-state index contributed by atoms with van der Waals surface area (Å²) in [6, 6.07) is 20.6. The normalized spacial score (nSPS) is 12.1. The molecule has 0 fully saturated rings. The van der Waals surface area contributed by atoms with Crippen LogP contribution in [0.3, 0.4) is 0 Å². The molecule has 0 aliphatic rings. The van der Waals surface area contributed by atoms with E-state index in [1.165, 1.54) is 12.1 Å². The van der Waals surface area contributed by atoms with Gasteiger partial charge in [0.2, 0.25) is 0 Å². The topological polar surface area (TPSA) is 105 Å². The molecule has 2 unspecified atom stereocenters. The number of carbonyl (C=O) groups is 4. The van der Waals surface area contributed by atoms with Crippen LogP contribution >= 0.6 is 0 Å². The Bertz CT molecular complexity index is 1340. The van der Waals surface area contributed by atoms with E-state index in [4.69, 9.17) is 18.9 Å². The molecule has 258 valence electrons. The van der Waals surface area contributed by atoms with Crippen LogP contribution in [0.2, 0.25) is 0 Å². The van der Waals surface area contributed by atoms with Gasteiger partial charge in [0.05, 0.1) is 35.5 Å². The zero-order valence-electron chi connectivity index (χ0n) is 28.8. The van der Waals surface area contributed by atoms with Crippen LogP contribution in [0.1, 0.15) is 132 Å². The molecule has 0 spiro atoms. The Morgan fingerprint density at radius 2 is 0.833 bits per heavy atom. The minimum atomic E-state index is -0.841. The minimum absolute atomic E-state index is 0.0587. The second-order valence-electron chi connectivity index (χ2n) is 12.1. The molecule has 0 heterocycles. The van der Waals surface area contributed by atoms with Gasteiger partial charge in [-0.1, -0.05) is 127 Å². The monoisotopic (exact) mass is 658 g/mol. The molecule has 48 heavy (non-hydrogen) atoms. The second-order valence-corrected chi connectivity index (χ2v) is 12.1. The molecule has 0 aromatic heterocycles. The lowest BCUT2D eigenvalue weighted by Gasteiger charge is -2.18. The van der Waals surface area contributed by atoms with Crippen LogP contribution in [0.4, 0.5) is 0 Å². The van der Waals surface area contributed by atoms with E-state index in [2.05, 4.69) is 13.8 Å². The van der Waals surface area contributed by atoms with Gasteiger partial charge in [-0.05, 0) is 47.9 Å². The van der Waals surface area contributed by atoms with Crippen LogP contribution in [0.25, 0.3) is 0 Å². The van der Waals surface area contributed by atoms with Gasteiger partial charge in [0.15, 0.2) is 0 Å². The predicted molar refractivity (Wildman–Crippen MR) is 185 cm³/mol. The van der Waals surface area contributed by atoms with Gasteiger partial charge in [0, 0.05) is 0 Å². The summed E-state index contributed by atoms with van der Waals surface area (Å²) in [6.45, 7) is 8.47. The third-order valence-corrected chi connectivity index (χ3v) is 8.45. The summed E-state index contributed by atoms with van der Waals surface area (Å²) in [5.41, 5.74) is 0.733. The van der Waals surface area contributed by atoms with Crippen LogP contribution < -0.4 is 0 Å². The molecule has 3 aromatic carbocycles. The summed E-state index contributed by atoms with van der Waals surface area (Å²) in [6.07, 6.45) is 7.47. The molecule has 3 aromatic rings. The first kappa shape index (κ1) is 38.0. The number of unbranched alkanes of at least 4 members (excludes halogenated alkanes) is 2. The Hall–Kier alpha value is -4.46.